The number of rotatable bonds is 8. The van der Waals surface area contributed by atoms with Gasteiger partial charge in [-0.25, -0.2) is 0 Å². The van der Waals surface area contributed by atoms with Crippen molar-refractivity contribution in [2.24, 2.45) is 0 Å². The van der Waals surface area contributed by atoms with Crippen LogP contribution < -0.4 is 5.32 Å². The lowest BCUT2D eigenvalue weighted by Gasteiger charge is -2.10. The van der Waals surface area contributed by atoms with Gasteiger partial charge in [-0.3, -0.25) is 14.6 Å². The molecule has 0 saturated heterocycles. The minimum atomic E-state index is -0.153. The van der Waals surface area contributed by atoms with Crippen molar-refractivity contribution < 1.29 is 9.59 Å². The van der Waals surface area contributed by atoms with Crippen LogP contribution in [0.5, 0.6) is 0 Å². The van der Waals surface area contributed by atoms with E-state index in [1.54, 1.807) is 18.3 Å². The molecule has 1 heterocycles. The molecule has 0 spiro atoms. The second-order valence-corrected chi connectivity index (χ2v) is 5.12. The zero-order chi connectivity index (χ0) is 15.7. The molecule has 0 aromatic carbocycles. The van der Waals surface area contributed by atoms with Crippen LogP contribution in [0.1, 0.15) is 35.7 Å². The number of carbonyl (C=O) groups excluding carboxylic acids is 2. The fraction of sp³-hybridized carbons (Fsp3) is 0.438. The van der Waals surface area contributed by atoms with Crippen molar-refractivity contribution in [2.75, 3.05) is 27.2 Å². The molecule has 0 atom stereocenters. The van der Waals surface area contributed by atoms with Crippen LogP contribution in [0.4, 0.5) is 0 Å². The Kier molecular flexibility index (Phi) is 7.32. The summed E-state index contributed by atoms with van der Waals surface area (Å²) in [5, 5.41) is 2.83. The minimum Gasteiger partial charge on any atom is -0.351 e. The Morgan fingerprint density at radius 1 is 1.33 bits per heavy atom. The zero-order valence-corrected chi connectivity index (χ0v) is 12.9. The number of pyridine rings is 1. The van der Waals surface area contributed by atoms with Gasteiger partial charge in [-0.1, -0.05) is 6.92 Å². The van der Waals surface area contributed by atoms with E-state index < -0.39 is 0 Å². The first-order valence-electron chi connectivity index (χ1n) is 7.11. The molecule has 5 heteroatoms. The fourth-order valence-electron chi connectivity index (χ4n) is 1.69. The number of likely N-dealkylation sites (N-methyl/N-ethyl adjacent to an activating group) is 1. The van der Waals surface area contributed by atoms with Gasteiger partial charge < -0.3 is 10.2 Å². The molecule has 1 N–H and O–H groups in total. The number of aromatic nitrogens is 1. The molecule has 0 bridgehead atoms. The predicted molar refractivity (Wildman–Crippen MR) is 84.1 cm³/mol. The zero-order valence-electron chi connectivity index (χ0n) is 12.9. The smallest absolute Gasteiger partial charge is 0.252 e. The maximum atomic E-state index is 12.0. The number of ketones is 1. The van der Waals surface area contributed by atoms with Crippen LogP contribution >= 0.6 is 0 Å². The maximum absolute atomic E-state index is 12.0. The molecule has 114 valence electrons. The molecule has 0 unspecified atom stereocenters. The van der Waals surface area contributed by atoms with Gasteiger partial charge in [0.1, 0.15) is 0 Å². The van der Waals surface area contributed by atoms with Crippen LogP contribution in [0.25, 0.3) is 6.08 Å². The van der Waals surface area contributed by atoms with E-state index in [4.69, 9.17) is 0 Å². The lowest BCUT2D eigenvalue weighted by atomic mass is 10.1. The summed E-state index contributed by atoms with van der Waals surface area (Å²) in [6.07, 6.45) is 7.75. The third-order valence-electron chi connectivity index (χ3n) is 2.82. The summed E-state index contributed by atoms with van der Waals surface area (Å²) in [5.41, 5.74) is 1.25. The lowest BCUT2D eigenvalue weighted by Crippen LogP contribution is -2.31. The van der Waals surface area contributed by atoms with Crippen molar-refractivity contribution in [3.63, 3.8) is 0 Å². The van der Waals surface area contributed by atoms with E-state index in [-0.39, 0.29) is 11.7 Å². The van der Waals surface area contributed by atoms with Crippen LogP contribution in [-0.2, 0) is 4.79 Å². The molecule has 21 heavy (non-hydrogen) atoms. The third kappa shape index (κ3) is 6.81. The second-order valence-electron chi connectivity index (χ2n) is 5.12. The maximum Gasteiger partial charge on any atom is 0.252 e. The van der Waals surface area contributed by atoms with Gasteiger partial charge in [0.05, 0.1) is 5.56 Å². The van der Waals surface area contributed by atoms with Gasteiger partial charge in [0.25, 0.3) is 5.91 Å². The van der Waals surface area contributed by atoms with Crippen molar-refractivity contribution in [3.8, 4) is 0 Å². The summed E-state index contributed by atoms with van der Waals surface area (Å²) < 4.78 is 0. The summed E-state index contributed by atoms with van der Waals surface area (Å²) in [4.78, 5) is 29.4. The van der Waals surface area contributed by atoms with Crippen molar-refractivity contribution in [3.05, 3.63) is 35.7 Å². The predicted octanol–water partition coefficient (Wildman–Crippen LogP) is 1.76. The number of carbonyl (C=O) groups is 2. The number of hydrogen-bond acceptors (Lipinski definition) is 4. The molecule has 1 amide bonds. The van der Waals surface area contributed by atoms with Gasteiger partial charge in [-0.2, -0.15) is 0 Å². The van der Waals surface area contributed by atoms with Crippen molar-refractivity contribution >= 4 is 17.8 Å². The molecule has 0 saturated carbocycles. The molecule has 0 aliphatic heterocycles. The summed E-state index contributed by atoms with van der Waals surface area (Å²) in [6.45, 7) is 3.33. The highest BCUT2D eigenvalue weighted by molar-refractivity contribution is 5.96. The van der Waals surface area contributed by atoms with Crippen LogP contribution in [0.3, 0.4) is 0 Å². The second kappa shape index (κ2) is 9.02. The third-order valence-corrected chi connectivity index (χ3v) is 2.82. The standard InChI is InChI=1S/C16H23N3O2/c1-4-5-15(20)7-6-13-10-14(12-17-11-13)16(21)18-8-9-19(2)3/h6-7,10-12H,4-5,8-9H2,1-3H3,(H,18,21)/b7-6+. The summed E-state index contributed by atoms with van der Waals surface area (Å²) in [5.74, 6) is -0.0715. The Bertz CT molecular complexity index is 510. The molecular weight excluding hydrogens is 266 g/mol. The van der Waals surface area contributed by atoms with E-state index >= 15 is 0 Å². The monoisotopic (exact) mass is 289 g/mol. The first-order valence-corrected chi connectivity index (χ1v) is 7.11. The highest BCUT2D eigenvalue weighted by atomic mass is 16.1. The normalized spacial score (nSPS) is 11.0. The van der Waals surface area contributed by atoms with Crippen molar-refractivity contribution in [2.45, 2.75) is 19.8 Å². The van der Waals surface area contributed by atoms with E-state index in [1.165, 1.54) is 12.3 Å². The summed E-state index contributed by atoms with van der Waals surface area (Å²) in [7, 11) is 3.90. The summed E-state index contributed by atoms with van der Waals surface area (Å²) in [6, 6.07) is 1.73. The topological polar surface area (TPSA) is 62.3 Å². The van der Waals surface area contributed by atoms with Crippen molar-refractivity contribution in [1.29, 1.82) is 0 Å². The average Bonchev–Trinajstić information content (AvgIpc) is 2.45. The molecule has 1 aromatic heterocycles. The van der Waals surface area contributed by atoms with Gasteiger partial charge in [-0.05, 0) is 44.3 Å². The van der Waals surface area contributed by atoms with Crippen LogP contribution in [-0.4, -0.2) is 48.8 Å². The molecule has 5 nitrogen and oxygen atoms in total. The SMILES string of the molecule is CCCC(=O)/C=C/c1cncc(C(=O)NCCN(C)C)c1. The van der Waals surface area contributed by atoms with E-state index in [0.29, 0.717) is 18.5 Å². The van der Waals surface area contributed by atoms with E-state index in [2.05, 4.69) is 10.3 Å². The van der Waals surface area contributed by atoms with Crippen LogP contribution in [0.2, 0.25) is 0 Å². The Morgan fingerprint density at radius 3 is 2.76 bits per heavy atom. The Morgan fingerprint density at radius 2 is 2.10 bits per heavy atom. The molecule has 1 aromatic rings. The highest BCUT2D eigenvalue weighted by Crippen LogP contribution is 2.05. The minimum absolute atomic E-state index is 0.0818. The number of hydrogen-bond donors (Lipinski definition) is 1. The quantitative estimate of drug-likeness (QED) is 0.741. The van der Waals surface area contributed by atoms with E-state index in [1.807, 2.05) is 25.9 Å². The first kappa shape index (κ1) is 17.0. The molecule has 0 radical (unpaired) electrons. The lowest BCUT2D eigenvalue weighted by molar-refractivity contribution is -0.114. The summed E-state index contributed by atoms with van der Waals surface area (Å²) >= 11 is 0. The number of amides is 1. The molecular formula is C16H23N3O2. The number of nitrogens with zero attached hydrogens (tertiary/aromatic N) is 2. The number of allylic oxidation sites excluding steroid dienone is 1. The highest BCUT2D eigenvalue weighted by Gasteiger charge is 2.06. The van der Waals surface area contributed by atoms with E-state index in [9.17, 15) is 9.59 Å². The van der Waals surface area contributed by atoms with Gasteiger partial charge in [0.15, 0.2) is 5.78 Å². The van der Waals surface area contributed by atoms with Gasteiger partial charge >= 0.3 is 0 Å². The van der Waals surface area contributed by atoms with Gasteiger partial charge in [0.2, 0.25) is 0 Å². The Hall–Kier alpha value is -2.01. The molecule has 0 aliphatic rings. The van der Waals surface area contributed by atoms with Gasteiger partial charge in [-0.15, -0.1) is 0 Å². The van der Waals surface area contributed by atoms with Crippen LogP contribution in [0.15, 0.2) is 24.5 Å². The Labute approximate surface area is 126 Å². The van der Waals surface area contributed by atoms with Gasteiger partial charge in [0, 0.05) is 31.9 Å². The van der Waals surface area contributed by atoms with Crippen LogP contribution in [0, 0.1) is 0 Å². The molecule has 0 aliphatic carbocycles. The van der Waals surface area contributed by atoms with E-state index in [0.717, 1.165) is 18.5 Å². The number of nitrogens with one attached hydrogen (secondary N) is 1. The van der Waals surface area contributed by atoms with Crippen molar-refractivity contribution in [1.82, 2.24) is 15.2 Å². The average molecular weight is 289 g/mol. The first-order chi connectivity index (χ1) is 10.0. The molecule has 0 fully saturated rings. The molecule has 1 rings (SSSR count). The largest absolute Gasteiger partial charge is 0.351 e. The Balaban J connectivity index is 2.63. The fourth-order valence-corrected chi connectivity index (χ4v) is 1.69.